The summed E-state index contributed by atoms with van der Waals surface area (Å²) in [6.07, 6.45) is -1.45. The van der Waals surface area contributed by atoms with E-state index in [1.54, 1.807) is 0 Å². The van der Waals surface area contributed by atoms with Crippen molar-refractivity contribution in [1.82, 2.24) is 0 Å². The van der Waals surface area contributed by atoms with Crippen molar-refractivity contribution in [3.8, 4) is 0 Å². The van der Waals surface area contributed by atoms with Crippen LogP contribution in [0.4, 0.5) is 13.2 Å². The van der Waals surface area contributed by atoms with Crippen LogP contribution in [0.1, 0.15) is 31.7 Å². The molecule has 2 aliphatic rings. The monoisotopic (exact) mass is 312 g/mol. The Morgan fingerprint density at radius 3 is 2.33 bits per heavy atom. The van der Waals surface area contributed by atoms with Gasteiger partial charge < -0.3 is 0 Å². The molecule has 0 saturated heterocycles. The molecule has 1 aromatic carbocycles. The van der Waals surface area contributed by atoms with E-state index in [2.05, 4.69) is 0 Å². The molecule has 1 aromatic rings. The third-order valence-electron chi connectivity index (χ3n) is 4.32. The number of rotatable bonds is 2. The molecule has 0 aromatic heterocycles. The number of allylic oxidation sites excluding steroid dienone is 2. The summed E-state index contributed by atoms with van der Waals surface area (Å²) >= 11 is 1.45. The van der Waals surface area contributed by atoms with Gasteiger partial charge in [-0.05, 0) is 61.3 Å². The molecule has 1 fully saturated rings. The lowest BCUT2D eigenvalue weighted by Crippen LogP contribution is -2.19. The first-order chi connectivity index (χ1) is 9.86. The van der Waals surface area contributed by atoms with Crippen LogP contribution in [0.25, 0.3) is 0 Å². The second-order valence-corrected chi connectivity index (χ2v) is 6.80. The van der Waals surface area contributed by atoms with Gasteiger partial charge in [0.05, 0.1) is 5.56 Å². The fourth-order valence-electron chi connectivity index (χ4n) is 3.19. The number of halogens is 3. The topological polar surface area (TPSA) is 17.1 Å². The van der Waals surface area contributed by atoms with Gasteiger partial charge in [0.1, 0.15) is 0 Å². The Labute approximate surface area is 125 Å². The maximum Gasteiger partial charge on any atom is 0.416 e. The fourth-order valence-corrected chi connectivity index (χ4v) is 4.35. The lowest BCUT2D eigenvalue weighted by Gasteiger charge is -2.23. The third-order valence-corrected chi connectivity index (χ3v) is 5.69. The Bertz CT molecular complexity index is 601. The van der Waals surface area contributed by atoms with Crippen LogP contribution in [-0.2, 0) is 11.0 Å². The molecule has 2 atom stereocenters. The summed E-state index contributed by atoms with van der Waals surface area (Å²) in [5, 5.41) is 0. The van der Waals surface area contributed by atoms with E-state index >= 15 is 0 Å². The lowest BCUT2D eigenvalue weighted by atomic mass is 9.89. The highest BCUT2D eigenvalue weighted by atomic mass is 32.2. The van der Waals surface area contributed by atoms with Crippen molar-refractivity contribution in [3.63, 3.8) is 0 Å². The van der Waals surface area contributed by atoms with E-state index < -0.39 is 11.7 Å². The van der Waals surface area contributed by atoms with Crippen LogP contribution >= 0.6 is 11.8 Å². The number of alkyl halides is 3. The quantitative estimate of drug-likeness (QED) is 0.758. The number of carbonyl (C=O) groups excluding carboxylic acids is 1. The van der Waals surface area contributed by atoms with Crippen LogP contribution in [0.3, 0.4) is 0 Å². The minimum Gasteiger partial charge on any atom is -0.294 e. The molecule has 5 heteroatoms. The minimum absolute atomic E-state index is 0.173. The van der Waals surface area contributed by atoms with Gasteiger partial charge >= 0.3 is 6.18 Å². The highest BCUT2D eigenvalue weighted by molar-refractivity contribution is 8.03. The largest absolute Gasteiger partial charge is 0.416 e. The van der Waals surface area contributed by atoms with Crippen molar-refractivity contribution in [1.29, 1.82) is 0 Å². The Kier molecular flexibility index (Phi) is 3.64. The Morgan fingerprint density at radius 2 is 1.71 bits per heavy atom. The van der Waals surface area contributed by atoms with Gasteiger partial charge in [-0.15, -0.1) is 0 Å². The molecule has 0 radical (unpaired) electrons. The molecule has 0 spiro atoms. The second-order valence-electron chi connectivity index (χ2n) is 5.68. The van der Waals surface area contributed by atoms with Crippen LogP contribution in [0.15, 0.2) is 39.6 Å². The van der Waals surface area contributed by atoms with Crippen molar-refractivity contribution < 1.29 is 18.0 Å². The molecule has 1 saturated carbocycles. The molecule has 0 amide bonds. The first-order valence-corrected chi connectivity index (χ1v) is 7.78. The van der Waals surface area contributed by atoms with Crippen molar-refractivity contribution in [3.05, 3.63) is 40.3 Å². The van der Waals surface area contributed by atoms with E-state index in [0.29, 0.717) is 5.92 Å². The van der Waals surface area contributed by atoms with Crippen LogP contribution in [0.5, 0.6) is 0 Å². The Hall–Kier alpha value is -1.23. The molecule has 1 nitrogen and oxygen atoms in total. The van der Waals surface area contributed by atoms with E-state index in [1.807, 2.05) is 6.92 Å². The highest BCUT2D eigenvalue weighted by Gasteiger charge is 2.39. The van der Waals surface area contributed by atoms with E-state index in [-0.39, 0.29) is 11.7 Å². The molecule has 2 aliphatic carbocycles. The zero-order valence-corrected chi connectivity index (χ0v) is 12.4. The molecule has 0 heterocycles. The summed E-state index contributed by atoms with van der Waals surface area (Å²) in [7, 11) is 0. The van der Waals surface area contributed by atoms with Gasteiger partial charge in [-0.2, -0.15) is 13.2 Å². The van der Waals surface area contributed by atoms with Gasteiger partial charge in [0, 0.05) is 16.4 Å². The summed E-state index contributed by atoms with van der Waals surface area (Å²) in [6.45, 7) is 1.85. The molecule has 2 bridgehead atoms. The Balaban J connectivity index is 1.83. The van der Waals surface area contributed by atoms with Gasteiger partial charge in [0.15, 0.2) is 5.78 Å². The molecule has 0 N–H and O–H groups in total. The summed E-state index contributed by atoms with van der Waals surface area (Å²) in [5.74, 6) is 0.796. The standard InChI is InChI=1S/C16H15F3OS/c1-9-14(20)10-2-3-11(8-10)15(9)21-13-6-4-12(5-7-13)16(17,18)19/h4-7,10-11H,2-3,8H2,1H3. The predicted molar refractivity (Wildman–Crippen MR) is 75.8 cm³/mol. The molecule has 112 valence electrons. The number of thioether (sulfide) groups is 1. The van der Waals surface area contributed by atoms with Crippen molar-refractivity contribution in [2.45, 2.75) is 37.3 Å². The first kappa shape index (κ1) is 14.7. The van der Waals surface area contributed by atoms with Gasteiger partial charge in [-0.3, -0.25) is 4.79 Å². The number of fused-ring (bicyclic) bond motifs is 2. The minimum atomic E-state index is -4.31. The van der Waals surface area contributed by atoms with Crippen LogP contribution < -0.4 is 0 Å². The van der Waals surface area contributed by atoms with Crippen LogP contribution in [0.2, 0.25) is 0 Å². The molecule has 2 unspecified atom stereocenters. The Morgan fingerprint density at radius 1 is 1.10 bits per heavy atom. The zero-order valence-electron chi connectivity index (χ0n) is 11.5. The van der Waals surface area contributed by atoms with E-state index in [4.69, 9.17) is 0 Å². The van der Waals surface area contributed by atoms with Gasteiger partial charge in [0.25, 0.3) is 0 Å². The molecular formula is C16H15F3OS. The summed E-state index contributed by atoms with van der Waals surface area (Å²) < 4.78 is 37.7. The number of carbonyl (C=O) groups is 1. The van der Waals surface area contributed by atoms with Crippen molar-refractivity contribution in [2.75, 3.05) is 0 Å². The summed E-state index contributed by atoms with van der Waals surface area (Å²) in [6, 6.07) is 5.17. The first-order valence-electron chi connectivity index (χ1n) is 6.96. The predicted octanol–water partition coefficient (Wildman–Crippen LogP) is 5.07. The average molecular weight is 312 g/mol. The smallest absolute Gasteiger partial charge is 0.294 e. The second kappa shape index (κ2) is 5.20. The third kappa shape index (κ3) is 2.76. The molecule has 3 rings (SSSR count). The SMILES string of the molecule is CC1=C(Sc2ccc(C(F)(F)F)cc2)C2CCC(C2)C1=O. The van der Waals surface area contributed by atoms with Crippen LogP contribution in [0, 0.1) is 11.8 Å². The van der Waals surface area contributed by atoms with Gasteiger partial charge in [0.2, 0.25) is 0 Å². The maximum absolute atomic E-state index is 12.6. The fraction of sp³-hybridized carbons (Fsp3) is 0.438. The number of benzene rings is 1. The lowest BCUT2D eigenvalue weighted by molar-refractivity contribution is -0.137. The highest BCUT2D eigenvalue weighted by Crippen LogP contribution is 2.49. The van der Waals surface area contributed by atoms with Crippen molar-refractivity contribution in [2.24, 2.45) is 11.8 Å². The van der Waals surface area contributed by atoms with E-state index in [0.717, 1.165) is 46.8 Å². The van der Waals surface area contributed by atoms with Gasteiger partial charge in [-0.25, -0.2) is 0 Å². The van der Waals surface area contributed by atoms with Crippen LogP contribution in [-0.4, -0.2) is 5.78 Å². The van der Waals surface area contributed by atoms with Gasteiger partial charge in [-0.1, -0.05) is 11.8 Å². The number of hydrogen-bond donors (Lipinski definition) is 0. The molecule has 21 heavy (non-hydrogen) atoms. The average Bonchev–Trinajstić information content (AvgIpc) is 2.88. The molecular weight excluding hydrogens is 297 g/mol. The molecule has 0 aliphatic heterocycles. The normalized spacial score (nSPS) is 25.6. The zero-order chi connectivity index (χ0) is 15.2. The van der Waals surface area contributed by atoms with E-state index in [1.165, 1.54) is 23.9 Å². The maximum atomic E-state index is 12.6. The van der Waals surface area contributed by atoms with Crippen molar-refractivity contribution >= 4 is 17.5 Å². The number of ketones is 1. The number of Topliss-reactive ketones (excluding diaryl/α,β-unsaturated/α-hetero) is 1. The summed E-state index contributed by atoms with van der Waals surface area (Å²) in [4.78, 5) is 14.0. The number of hydrogen-bond acceptors (Lipinski definition) is 2. The van der Waals surface area contributed by atoms with E-state index in [9.17, 15) is 18.0 Å². The summed E-state index contributed by atoms with van der Waals surface area (Å²) in [5.41, 5.74) is 0.164.